The molecule has 1 saturated heterocycles. The molecule has 3 N–H and O–H groups in total. The first-order valence-corrected chi connectivity index (χ1v) is 6.96. The highest BCUT2D eigenvalue weighted by molar-refractivity contribution is 7.92. The maximum atomic E-state index is 11.6. The van der Waals surface area contributed by atoms with Crippen molar-refractivity contribution in [1.82, 2.24) is 4.98 Å². The monoisotopic (exact) mass is 241 g/mol. The molecule has 1 unspecified atom stereocenters. The van der Waals surface area contributed by atoms with Crippen molar-refractivity contribution in [3.8, 4) is 0 Å². The second-order valence-electron chi connectivity index (χ2n) is 3.98. The maximum absolute atomic E-state index is 11.6. The van der Waals surface area contributed by atoms with Gasteiger partial charge in [0, 0.05) is 12.7 Å². The molecule has 0 aliphatic carbocycles. The molecule has 2 heterocycles. The van der Waals surface area contributed by atoms with E-state index in [-0.39, 0.29) is 5.25 Å². The molecule has 88 valence electrons. The predicted octanol–water partition coefficient (Wildman–Crippen LogP) is 0.653. The van der Waals surface area contributed by atoms with E-state index in [1.165, 1.54) is 0 Å². The molecule has 0 saturated carbocycles. The molecular weight excluding hydrogens is 226 g/mol. The van der Waals surface area contributed by atoms with E-state index in [4.69, 9.17) is 5.73 Å². The van der Waals surface area contributed by atoms with E-state index >= 15 is 0 Å². The number of anilines is 2. The summed E-state index contributed by atoms with van der Waals surface area (Å²) < 4.78 is 23.2. The summed E-state index contributed by atoms with van der Waals surface area (Å²) in [6, 6.07) is 1.75. The molecule has 6 heteroatoms. The summed E-state index contributed by atoms with van der Waals surface area (Å²) in [6.07, 6.45) is 4.67. The van der Waals surface area contributed by atoms with Gasteiger partial charge >= 0.3 is 0 Å². The van der Waals surface area contributed by atoms with Crippen LogP contribution in [0.1, 0.15) is 12.8 Å². The lowest BCUT2D eigenvalue weighted by molar-refractivity contribution is 0.591. The van der Waals surface area contributed by atoms with Crippen molar-refractivity contribution in [3.63, 3.8) is 0 Å². The lowest BCUT2D eigenvalue weighted by Gasteiger charge is -2.12. The molecule has 0 amide bonds. The van der Waals surface area contributed by atoms with E-state index in [0.717, 1.165) is 18.5 Å². The maximum Gasteiger partial charge on any atom is 0.154 e. The number of nitrogens with one attached hydrogen (secondary N) is 1. The Labute approximate surface area is 95.0 Å². The number of hydrogen-bond acceptors (Lipinski definition) is 5. The van der Waals surface area contributed by atoms with Crippen LogP contribution in [0.2, 0.25) is 0 Å². The van der Waals surface area contributed by atoms with Gasteiger partial charge in [-0.3, -0.25) is 4.98 Å². The highest BCUT2D eigenvalue weighted by Crippen LogP contribution is 2.22. The number of hydrogen-bond donors (Lipinski definition) is 2. The number of nitrogens with two attached hydrogens (primary N) is 1. The number of pyridine rings is 1. The van der Waals surface area contributed by atoms with Crippen LogP contribution in [-0.2, 0) is 9.84 Å². The van der Waals surface area contributed by atoms with E-state index in [1.807, 2.05) is 0 Å². The fourth-order valence-electron chi connectivity index (χ4n) is 1.88. The summed E-state index contributed by atoms with van der Waals surface area (Å²) in [4.78, 5) is 3.87. The summed E-state index contributed by atoms with van der Waals surface area (Å²) in [5.74, 6) is 0.311. The Morgan fingerprint density at radius 2 is 2.38 bits per heavy atom. The van der Waals surface area contributed by atoms with Crippen LogP contribution < -0.4 is 11.1 Å². The molecule has 16 heavy (non-hydrogen) atoms. The van der Waals surface area contributed by atoms with Gasteiger partial charge in [0.1, 0.15) is 0 Å². The van der Waals surface area contributed by atoms with Gasteiger partial charge in [-0.15, -0.1) is 0 Å². The Morgan fingerprint density at radius 3 is 3.00 bits per heavy atom. The zero-order chi connectivity index (χ0) is 11.6. The smallest absolute Gasteiger partial charge is 0.154 e. The Balaban J connectivity index is 2.01. The first-order chi connectivity index (χ1) is 7.59. The van der Waals surface area contributed by atoms with Gasteiger partial charge in [-0.2, -0.15) is 0 Å². The Kier molecular flexibility index (Phi) is 3.00. The fraction of sp³-hybridized carbons (Fsp3) is 0.500. The first kappa shape index (κ1) is 11.2. The molecule has 0 aromatic carbocycles. The lowest BCUT2D eigenvalue weighted by Crippen LogP contribution is -2.25. The molecule has 1 aromatic rings. The minimum absolute atomic E-state index is 0.278. The minimum Gasteiger partial charge on any atom is -0.396 e. The van der Waals surface area contributed by atoms with Gasteiger partial charge in [0.05, 0.1) is 28.6 Å². The van der Waals surface area contributed by atoms with Gasteiger partial charge in [0.25, 0.3) is 0 Å². The SMILES string of the molecule is Nc1cnccc1NCC1CCCS1(=O)=O. The second kappa shape index (κ2) is 4.29. The van der Waals surface area contributed by atoms with Crippen molar-refractivity contribution in [1.29, 1.82) is 0 Å². The second-order valence-corrected chi connectivity index (χ2v) is 6.38. The highest BCUT2D eigenvalue weighted by Gasteiger charge is 2.30. The molecule has 1 aliphatic heterocycles. The Hall–Kier alpha value is -1.30. The van der Waals surface area contributed by atoms with Gasteiger partial charge in [0.15, 0.2) is 9.84 Å². The summed E-state index contributed by atoms with van der Waals surface area (Å²) in [5.41, 5.74) is 6.99. The minimum atomic E-state index is -2.89. The third-order valence-electron chi connectivity index (χ3n) is 2.83. The topological polar surface area (TPSA) is 85.1 Å². The zero-order valence-electron chi connectivity index (χ0n) is 8.89. The number of sulfone groups is 1. The Morgan fingerprint density at radius 1 is 1.56 bits per heavy atom. The summed E-state index contributed by atoms with van der Waals surface area (Å²) in [6.45, 7) is 0.427. The average Bonchev–Trinajstić information content (AvgIpc) is 2.57. The molecule has 1 aliphatic rings. The van der Waals surface area contributed by atoms with Crippen molar-refractivity contribution in [2.75, 3.05) is 23.3 Å². The normalized spacial score (nSPS) is 23.1. The van der Waals surface area contributed by atoms with Crippen LogP contribution in [0.3, 0.4) is 0 Å². The van der Waals surface area contributed by atoms with Gasteiger partial charge in [-0.05, 0) is 18.9 Å². The van der Waals surface area contributed by atoms with Gasteiger partial charge in [-0.25, -0.2) is 8.42 Å². The predicted molar refractivity (Wildman–Crippen MR) is 63.9 cm³/mol. The summed E-state index contributed by atoms with van der Waals surface area (Å²) >= 11 is 0. The lowest BCUT2D eigenvalue weighted by atomic mass is 10.2. The van der Waals surface area contributed by atoms with Crippen LogP contribution >= 0.6 is 0 Å². The zero-order valence-corrected chi connectivity index (χ0v) is 9.70. The van der Waals surface area contributed by atoms with E-state index < -0.39 is 9.84 Å². The number of nitrogen functional groups attached to an aromatic ring is 1. The van der Waals surface area contributed by atoms with Crippen molar-refractivity contribution < 1.29 is 8.42 Å². The molecule has 2 rings (SSSR count). The van der Waals surface area contributed by atoms with E-state index in [0.29, 0.717) is 18.0 Å². The van der Waals surface area contributed by atoms with Crippen LogP contribution in [0.25, 0.3) is 0 Å². The Bertz CT molecular complexity index is 473. The van der Waals surface area contributed by atoms with Crippen LogP contribution in [0.15, 0.2) is 18.5 Å². The standard InChI is InChI=1S/C10H15N3O2S/c11-9-7-12-4-3-10(9)13-6-8-2-1-5-16(8,14)15/h3-4,7-8H,1-2,5-6,11H2,(H,12,13). The summed E-state index contributed by atoms with van der Waals surface area (Å²) in [5, 5.41) is 2.79. The molecular formula is C10H15N3O2S. The molecule has 0 radical (unpaired) electrons. The van der Waals surface area contributed by atoms with Gasteiger partial charge in [0.2, 0.25) is 0 Å². The largest absolute Gasteiger partial charge is 0.396 e. The number of rotatable bonds is 3. The van der Waals surface area contributed by atoms with E-state index in [9.17, 15) is 8.42 Å². The van der Waals surface area contributed by atoms with E-state index in [1.54, 1.807) is 18.5 Å². The van der Waals surface area contributed by atoms with Crippen LogP contribution in [0, 0.1) is 0 Å². The van der Waals surface area contributed by atoms with Crippen molar-refractivity contribution in [2.24, 2.45) is 0 Å². The fourth-order valence-corrected chi connectivity index (χ4v) is 3.64. The van der Waals surface area contributed by atoms with Gasteiger partial charge in [-0.1, -0.05) is 0 Å². The number of nitrogens with zero attached hydrogens (tertiary/aromatic N) is 1. The van der Waals surface area contributed by atoms with Crippen LogP contribution in [-0.4, -0.2) is 30.9 Å². The highest BCUT2D eigenvalue weighted by atomic mass is 32.2. The number of aromatic nitrogens is 1. The van der Waals surface area contributed by atoms with Crippen molar-refractivity contribution in [2.45, 2.75) is 18.1 Å². The molecule has 0 bridgehead atoms. The van der Waals surface area contributed by atoms with Crippen molar-refractivity contribution in [3.05, 3.63) is 18.5 Å². The first-order valence-electron chi connectivity index (χ1n) is 5.24. The molecule has 0 spiro atoms. The van der Waals surface area contributed by atoms with Gasteiger partial charge < -0.3 is 11.1 Å². The average molecular weight is 241 g/mol. The molecule has 1 aromatic heterocycles. The molecule has 5 nitrogen and oxygen atoms in total. The molecule has 1 fully saturated rings. The van der Waals surface area contributed by atoms with Crippen LogP contribution in [0.5, 0.6) is 0 Å². The van der Waals surface area contributed by atoms with Crippen LogP contribution in [0.4, 0.5) is 11.4 Å². The summed E-state index contributed by atoms with van der Waals surface area (Å²) in [7, 11) is -2.89. The van der Waals surface area contributed by atoms with E-state index in [2.05, 4.69) is 10.3 Å². The third kappa shape index (κ3) is 2.27. The third-order valence-corrected chi connectivity index (χ3v) is 5.11. The van der Waals surface area contributed by atoms with Crippen molar-refractivity contribution >= 4 is 21.2 Å². The quantitative estimate of drug-likeness (QED) is 0.811. The molecule has 1 atom stereocenters.